The molecule has 0 aromatic heterocycles. The SMILES string of the molecule is CC[C@@H](N[C@H](C)c1ccccc1)c1ccc(OC)cc1. The van der Waals surface area contributed by atoms with Crippen LogP contribution in [0.3, 0.4) is 0 Å². The lowest BCUT2D eigenvalue weighted by atomic mass is 10.0. The maximum atomic E-state index is 5.21. The summed E-state index contributed by atoms with van der Waals surface area (Å²) >= 11 is 0. The van der Waals surface area contributed by atoms with E-state index in [1.807, 2.05) is 12.1 Å². The zero-order valence-corrected chi connectivity index (χ0v) is 12.5. The lowest BCUT2D eigenvalue weighted by Gasteiger charge is -2.23. The van der Waals surface area contributed by atoms with Crippen LogP contribution >= 0.6 is 0 Å². The largest absolute Gasteiger partial charge is 0.497 e. The quantitative estimate of drug-likeness (QED) is 0.834. The predicted molar refractivity (Wildman–Crippen MR) is 84.0 cm³/mol. The number of hydrogen-bond acceptors (Lipinski definition) is 2. The third kappa shape index (κ3) is 3.61. The van der Waals surface area contributed by atoms with Gasteiger partial charge in [-0.25, -0.2) is 0 Å². The van der Waals surface area contributed by atoms with Crippen molar-refractivity contribution in [2.24, 2.45) is 0 Å². The van der Waals surface area contributed by atoms with Crippen molar-refractivity contribution in [2.45, 2.75) is 32.4 Å². The van der Waals surface area contributed by atoms with E-state index in [2.05, 4.69) is 61.6 Å². The van der Waals surface area contributed by atoms with Crippen LogP contribution in [0.5, 0.6) is 5.75 Å². The van der Waals surface area contributed by atoms with Gasteiger partial charge in [-0.15, -0.1) is 0 Å². The lowest BCUT2D eigenvalue weighted by Crippen LogP contribution is -2.24. The third-order valence-corrected chi connectivity index (χ3v) is 3.68. The van der Waals surface area contributed by atoms with Crippen LogP contribution in [-0.4, -0.2) is 7.11 Å². The Labute approximate surface area is 121 Å². The van der Waals surface area contributed by atoms with E-state index >= 15 is 0 Å². The Morgan fingerprint density at radius 2 is 1.60 bits per heavy atom. The van der Waals surface area contributed by atoms with Gasteiger partial charge in [0.05, 0.1) is 7.11 Å². The summed E-state index contributed by atoms with van der Waals surface area (Å²) in [4.78, 5) is 0. The molecule has 0 unspecified atom stereocenters. The van der Waals surface area contributed by atoms with E-state index in [4.69, 9.17) is 4.74 Å². The van der Waals surface area contributed by atoms with Crippen molar-refractivity contribution in [3.63, 3.8) is 0 Å². The molecule has 0 spiro atoms. The molecule has 0 aliphatic rings. The van der Waals surface area contributed by atoms with Crippen LogP contribution in [0.4, 0.5) is 0 Å². The summed E-state index contributed by atoms with van der Waals surface area (Å²) in [6, 6.07) is 19.6. The van der Waals surface area contributed by atoms with Gasteiger partial charge in [-0.1, -0.05) is 49.4 Å². The summed E-state index contributed by atoms with van der Waals surface area (Å²) in [6.45, 7) is 4.42. The summed E-state index contributed by atoms with van der Waals surface area (Å²) in [5.74, 6) is 0.903. The Morgan fingerprint density at radius 1 is 0.950 bits per heavy atom. The fourth-order valence-electron chi connectivity index (χ4n) is 2.43. The van der Waals surface area contributed by atoms with Gasteiger partial charge in [-0.2, -0.15) is 0 Å². The molecule has 0 saturated carbocycles. The fourth-order valence-corrected chi connectivity index (χ4v) is 2.43. The van der Waals surface area contributed by atoms with Crippen LogP contribution in [0.25, 0.3) is 0 Å². The molecular weight excluding hydrogens is 246 g/mol. The minimum atomic E-state index is 0.336. The Bertz CT molecular complexity index is 507. The van der Waals surface area contributed by atoms with Crippen molar-refractivity contribution in [3.8, 4) is 5.75 Å². The second kappa shape index (κ2) is 7.11. The summed E-state index contributed by atoms with van der Waals surface area (Å²) < 4.78 is 5.21. The number of ether oxygens (including phenoxy) is 1. The first-order valence-electron chi connectivity index (χ1n) is 7.19. The van der Waals surface area contributed by atoms with E-state index in [9.17, 15) is 0 Å². The smallest absolute Gasteiger partial charge is 0.118 e. The Kier molecular flexibility index (Phi) is 5.19. The Balaban J connectivity index is 2.08. The van der Waals surface area contributed by atoms with Crippen LogP contribution < -0.4 is 10.1 Å². The molecule has 0 saturated heterocycles. The number of rotatable bonds is 6. The standard InChI is InChI=1S/C18H23NO/c1-4-18(16-10-12-17(20-3)13-11-16)19-14(2)15-8-6-5-7-9-15/h5-14,18-19H,4H2,1-3H3/t14-,18-/m1/s1. The first-order chi connectivity index (χ1) is 9.74. The number of benzene rings is 2. The zero-order valence-electron chi connectivity index (χ0n) is 12.5. The summed E-state index contributed by atoms with van der Waals surface area (Å²) in [7, 11) is 1.70. The molecule has 2 nitrogen and oxygen atoms in total. The Hall–Kier alpha value is -1.80. The molecular formula is C18H23NO. The maximum absolute atomic E-state index is 5.21. The molecule has 0 aliphatic carbocycles. The fraction of sp³-hybridized carbons (Fsp3) is 0.333. The molecule has 2 aromatic rings. The van der Waals surface area contributed by atoms with E-state index in [0.29, 0.717) is 12.1 Å². The number of nitrogens with one attached hydrogen (secondary N) is 1. The maximum Gasteiger partial charge on any atom is 0.118 e. The third-order valence-electron chi connectivity index (χ3n) is 3.68. The monoisotopic (exact) mass is 269 g/mol. The normalized spacial score (nSPS) is 13.8. The van der Waals surface area contributed by atoms with Gasteiger partial charge in [-0.3, -0.25) is 0 Å². The molecule has 0 bridgehead atoms. The number of hydrogen-bond donors (Lipinski definition) is 1. The van der Waals surface area contributed by atoms with Crippen LogP contribution in [0, 0.1) is 0 Å². The van der Waals surface area contributed by atoms with Crippen molar-refractivity contribution in [1.29, 1.82) is 0 Å². The van der Waals surface area contributed by atoms with Crippen LogP contribution in [0.1, 0.15) is 43.5 Å². The van der Waals surface area contributed by atoms with Gasteiger partial charge >= 0.3 is 0 Å². The zero-order chi connectivity index (χ0) is 14.4. The number of methoxy groups -OCH3 is 1. The molecule has 2 aromatic carbocycles. The molecule has 0 fully saturated rings. The van der Waals surface area contributed by atoms with Gasteiger partial charge in [0.25, 0.3) is 0 Å². The summed E-state index contributed by atoms with van der Waals surface area (Å²) in [5.41, 5.74) is 2.62. The molecule has 0 heterocycles. The average Bonchev–Trinajstić information content (AvgIpc) is 2.53. The van der Waals surface area contributed by atoms with Gasteiger partial charge in [0.15, 0.2) is 0 Å². The van der Waals surface area contributed by atoms with Crippen molar-refractivity contribution in [2.75, 3.05) is 7.11 Å². The van der Waals surface area contributed by atoms with Crippen LogP contribution in [-0.2, 0) is 0 Å². The first kappa shape index (κ1) is 14.6. The van der Waals surface area contributed by atoms with E-state index in [1.54, 1.807) is 7.11 Å². The predicted octanol–water partition coefficient (Wildman–Crippen LogP) is 4.50. The second-order valence-electron chi connectivity index (χ2n) is 5.03. The Morgan fingerprint density at radius 3 is 2.15 bits per heavy atom. The lowest BCUT2D eigenvalue weighted by molar-refractivity contribution is 0.413. The molecule has 0 radical (unpaired) electrons. The minimum absolute atomic E-state index is 0.336. The average molecular weight is 269 g/mol. The molecule has 20 heavy (non-hydrogen) atoms. The summed E-state index contributed by atoms with van der Waals surface area (Å²) in [5, 5.41) is 3.70. The van der Waals surface area contributed by atoms with Gasteiger partial charge in [0, 0.05) is 12.1 Å². The van der Waals surface area contributed by atoms with Gasteiger partial charge in [0.2, 0.25) is 0 Å². The van der Waals surface area contributed by atoms with Gasteiger partial charge in [0.1, 0.15) is 5.75 Å². The second-order valence-corrected chi connectivity index (χ2v) is 5.03. The molecule has 0 aliphatic heterocycles. The van der Waals surface area contributed by atoms with E-state index < -0.39 is 0 Å². The van der Waals surface area contributed by atoms with Crippen molar-refractivity contribution >= 4 is 0 Å². The highest BCUT2D eigenvalue weighted by Gasteiger charge is 2.13. The van der Waals surface area contributed by atoms with Crippen molar-refractivity contribution in [1.82, 2.24) is 5.32 Å². The van der Waals surface area contributed by atoms with Gasteiger partial charge in [-0.05, 0) is 36.6 Å². The molecule has 2 heteroatoms. The van der Waals surface area contributed by atoms with E-state index in [1.165, 1.54) is 11.1 Å². The molecule has 2 rings (SSSR count). The molecule has 1 N–H and O–H groups in total. The summed E-state index contributed by atoms with van der Waals surface area (Å²) in [6.07, 6.45) is 1.06. The highest BCUT2D eigenvalue weighted by Crippen LogP contribution is 2.23. The highest BCUT2D eigenvalue weighted by molar-refractivity contribution is 5.29. The highest BCUT2D eigenvalue weighted by atomic mass is 16.5. The van der Waals surface area contributed by atoms with Crippen LogP contribution in [0.2, 0.25) is 0 Å². The van der Waals surface area contributed by atoms with Gasteiger partial charge < -0.3 is 10.1 Å². The first-order valence-corrected chi connectivity index (χ1v) is 7.19. The van der Waals surface area contributed by atoms with E-state index in [0.717, 1.165) is 12.2 Å². The molecule has 2 atom stereocenters. The minimum Gasteiger partial charge on any atom is -0.497 e. The topological polar surface area (TPSA) is 21.3 Å². The van der Waals surface area contributed by atoms with E-state index in [-0.39, 0.29) is 0 Å². The molecule has 106 valence electrons. The van der Waals surface area contributed by atoms with Crippen LogP contribution in [0.15, 0.2) is 54.6 Å². The van der Waals surface area contributed by atoms with Crippen molar-refractivity contribution < 1.29 is 4.74 Å². The van der Waals surface area contributed by atoms with Crippen molar-refractivity contribution in [3.05, 3.63) is 65.7 Å². The molecule has 0 amide bonds.